The SMILES string of the molecule is CC(C)(C)c1ccc(N2CC3CCC(C2)N3)cc1. The van der Waals surface area contributed by atoms with E-state index < -0.39 is 0 Å². The number of fused-ring (bicyclic) bond motifs is 2. The van der Waals surface area contributed by atoms with E-state index in [1.165, 1.54) is 37.2 Å². The van der Waals surface area contributed by atoms with Crippen LogP contribution in [0.3, 0.4) is 0 Å². The van der Waals surface area contributed by atoms with Gasteiger partial charge in [0.2, 0.25) is 0 Å². The third kappa shape index (κ3) is 2.26. The number of hydrogen-bond donors (Lipinski definition) is 1. The molecule has 2 bridgehead atoms. The van der Waals surface area contributed by atoms with Crippen LogP contribution in [0.1, 0.15) is 39.2 Å². The lowest BCUT2D eigenvalue weighted by Crippen LogP contribution is -2.51. The molecule has 0 amide bonds. The standard InChI is InChI=1S/C16H24N2/c1-16(2,3)12-4-8-15(9-5-12)18-10-13-6-7-14(11-18)17-13/h4-5,8-9,13-14,17H,6-7,10-11H2,1-3H3. The molecule has 18 heavy (non-hydrogen) atoms. The number of nitrogens with one attached hydrogen (secondary N) is 1. The molecule has 1 N–H and O–H groups in total. The highest BCUT2D eigenvalue weighted by Crippen LogP contribution is 2.28. The Kier molecular flexibility index (Phi) is 2.86. The van der Waals surface area contributed by atoms with Crippen molar-refractivity contribution >= 4 is 5.69 Å². The molecule has 2 nitrogen and oxygen atoms in total. The second-order valence-corrected chi connectivity index (χ2v) is 6.84. The topological polar surface area (TPSA) is 15.3 Å². The number of anilines is 1. The second kappa shape index (κ2) is 4.27. The Labute approximate surface area is 110 Å². The molecule has 0 aliphatic carbocycles. The average molecular weight is 244 g/mol. The number of nitrogens with zero attached hydrogens (tertiary/aromatic N) is 1. The highest BCUT2D eigenvalue weighted by atomic mass is 15.2. The Morgan fingerprint density at radius 1 is 1.00 bits per heavy atom. The number of hydrogen-bond acceptors (Lipinski definition) is 2. The number of rotatable bonds is 1. The van der Waals surface area contributed by atoms with Gasteiger partial charge in [-0.15, -0.1) is 0 Å². The van der Waals surface area contributed by atoms with Gasteiger partial charge in [-0.3, -0.25) is 0 Å². The van der Waals surface area contributed by atoms with Crippen molar-refractivity contribution in [2.24, 2.45) is 0 Å². The number of piperazine rings is 1. The molecular formula is C16H24N2. The van der Waals surface area contributed by atoms with Crippen molar-refractivity contribution in [3.05, 3.63) is 29.8 Å². The fraction of sp³-hybridized carbons (Fsp3) is 0.625. The van der Waals surface area contributed by atoms with Crippen molar-refractivity contribution in [2.45, 2.75) is 51.1 Å². The zero-order valence-corrected chi connectivity index (χ0v) is 11.7. The van der Waals surface area contributed by atoms with Gasteiger partial charge in [-0.25, -0.2) is 0 Å². The van der Waals surface area contributed by atoms with E-state index >= 15 is 0 Å². The zero-order valence-electron chi connectivity index (χ0n) is 11.7. The van der Waals surface area contributed by atoms with E-state index in [-0.39, 0.29) is 5.41 Å². The van der Waals surface area contributed by atoms with Crippen LogP contribution >= 0.6 is 0 Å². The Morgan fingerprint density at radius 2 is 1.56 bits per heavy atom. The molecule has 98 valence electrons. The first kappa shape index (κ1) is 12.0. The van der Waals surface area contributed by atoms with E-state index in [9.17, 15) is 0 Å². The molecule has 2 saturated heterocycles. The Bertz CT molecular complexity index is 404. The summed E-state index contributed by atoms with van der Waals surface area (Å²) < 4.78 is 0. The van der Waals surface area contributed by atoms with Crippen LogP contribution in [0, 0.1) is 0 Å². The predicted octanol–water partition coefficient (Wildman–Crippen LogP) is 2.92. The average Bonchev–Trinajstić information content (AvgIpc) is 2.67. The molecule has 0 spiro atoms. The summed E-state index contributed by atoms with van der Waals surface area (Å²) in [6.07, 6.45) is 2.70. The molecule has 2 atom stereocenters. The van der Waals surface area contributed by atoms with Crippen LogP contribution in [0.2, 0.25) is 0 Å². The van der Waals surface area contributed by atoms with Crippen molar-refractivity contribution in [1.29, 1.82) is 0 Å². The van der Waals surface area contributed by atoms with E-state index in [0.29, 0.717) is 12.1 Å². The maximum Gasteiger partial charge on any atom is 0.0367 e. The fourth-order valence-electron chi connectivity index (χ4n) is 3.18. The molecule has 2 aliphatic rings. The highest BCUT2D eigenvalue weighted by Gasteiger charge is 2.32. The molecule has 2 fully saturated rings. The predicted molar refractivity (Wildman–Crippen MR) is 77.3 cm³/mol. The summed E-state index contributed by atoms with van der Waals surface area (Å²) in [4.78, 5) is 2.55. The third-order valence-electron chi connectivity index (χ3n) is 4.32. The smallest absolute Gasteiger partial charge is 0.0367 e. The molecule has 2 heterocycles. The van der Waals surface area contributed by atoms with Crippen LogP contribution in [0.4, 0.5) is 5.69 Å². The van der Waals surface area contributed by atoms with E-state index in [2.05, 4.69) is 55.3 Å². The summed E-state index contributed by atoms with van der Waals surface area (Å²) >= 11 is 0. The molecule has 3 rings (SSSR count). The molecular weight excluding hydrogens is 220 g/mol. The largest absolute Gasteiger partial charge is 0.368 e. The Balaban J connectivity index is 1.77. The molecule has 0 saturated carbocycles. The molecule has 1 aromatic carbocycles. The zero-order chi connectivity index (χ0) is 12.8. The van der Waals surface area contributed by atoms with Crippen LogP contribution < -0.4 is 10.2 Å². The van der Waals surface area contributed by atoms with Crippen LogP contribution in [0.5, 0.6) is 0 Å². The van der Waals surface area contributed by atoms with Crippen molar-refractivity contribution in [2.75, 3.05) is 18.0 Å². The van der Waals surface area contributed by atoms with Gasteiger partial charge in [0.15, 0.2) is 0 Å². The van der Waals surface area contributed by atoms with Crippen molar-refractivity contribution in [3.8, 4) is 0 Å². The van der Waals surface area contributed by atoms with E-state index in [1.807, 2.05) is 0 Å². The highest BCUT2D eigenvalue weighted by molar-refractivity contribution is 5.49. The van der Waals surface area contributed by atoms with E-state index in [1.54, 1.807) is 0 Å². The molecule has 0 aromatic heterocycles. The molecule has 0 radical (unpaired) electrons. The summed E-state index contributed by atoms with van der Waals surface area (Å²) in [6.45, 7) is 9.16. The van der Waals surface area contributed by atoms with Crippen LogP contribution in [0.25, 0.3) is 0 Å². The summed E-state index contributed by atoms with van der Waals surface area (Å²) in [5, 5.41) is 3.68. The maximum atomic E-state index is 3.68. The summed E-state index contributed by atoms with van der Waals surface area (Å²) in [5.41, 5.74) is 3.06. The summed E-state index contributed by atoms with van der Waals surface area (Å²) in [7, 11) is 0. The van der Waals surface area contributed by atoms with Crippen LogP contribution in [-0.4, -0.2) is 25.2 Å². The first-order valence-corrected chi connectivity index (χ1v) is 7.14. The fourth-order valence-corrected chi connectivity index (χ4v) is 3.18. The molecule has 2 aliphatic heterocycles. The van der Waals surface area contributed by atoms with Gasteiger partial charge in [0.05, 0.1) is 0 Å². The van der Waals surface area contributed by atoms with Crippen LogP contribution in [-0.2, 0) is 5.41 Å². The Morgan fingerprint density at radius 3 is 2.06 bits per heavy atom. The third-order valence-corrected chi connectivity index (χ3v) is 4.32. The first-order valence-electron chi connectivity index (χ1n) is 7.14. The monoisotopic (exact) mass is 244 g/mol. The van der Waals surface area contributed by atoms with Gasteiger partial charge in [-0.1, -0.05) is 32.9 Å². The first-order chi connectivity index (χ1) is 8.52. The molecule has 2 unspecified atom stereocenters. The van der Waals surface area contributed by atoms with Gasteiger partial charge >= 0.3 is 0 Å². The maximum absolute atomic E-state index is 3.68. The lowest BCUT2D eigenvalue weighted by Gasteiger charge is -2.35. The van der Waals surface area contributed by atoms with Gasteiger partial charge < -0.3 is 10.2 Å². The van der Waals surface area contributed by atoms with Crippen LogP contribution in [0.15, 0.2) is 24.3 Å². The van der Waals surface area contributed by atoms with Gasteiger partial charge in [0.1, 0.15) is 0 Å². The number of benzene rings is 1. The molecule has 2 heteroatoms. The van der Waals surface area contributed by atoms with E-state index in [0.717, 1.165) is 0 Å². The van der Waals surface area contributed by atoms with Gasteiger partial charge in [0.25, 0.3) is 0 Å². The lowest BCUT2D eigenvalue weighted by molar-refractivity contribution is 0.466. The van der Waals surface area contributed by atoms with Gasteiger partial charge in [-0.2, -0.15) is 0 Å². The van der Waals surface area contributed by atoms with E-state index in [4.69, 9.17) is 0 Å². The summed E-state index contributed by atoms with van der Waals surface area (Å²) in [6, 6.07) is 10.6. The minimum atomic E-state index is 0.251. The van der Waals surface area contributed by atoms with Gasteiger partial charge in [-0.05, 0) is 36.0 Å². The normalized spacial score (nSPS) is 27.6. The van der Waals surface area contributed by atoms with Crippen molar-refractivity contribution in [3.63, 3.8) is 0 Å². The Hall–Kier alpha value is -1.02. The minimum absolute atomic E-state index is 0.251. The summed E-state index contributed by atoms with van der Waals surface area (Å²) in [5.74, 6) is 0. The quantitative estimate of drug-likeness (QED) is 0.817. The lowest BCUT2D eigenvalue weighted by atomic mass is 9.87. The van der Waals surface area contributed by atoms with Gasteiger partial charge in [0, 0.05) is 30.9 Å². The molecule has 1 aromatic rings. The minimum Gasteiger partial charge on any atom is -0.368 e. The van der Waals surface area contributed by atoms with Crippen molar-refractivity contribution < 1.29 is 0 Å². The van der Waals surface area contributed by atoms with Crippen molar-refractivity contribution in [1.82, 2.24) is 5.32 Å². The second-order valence-electron chi connectivity index (χ2n) is 6.84.